The molecule has 0 aliphatic heterocycles. The zero-order valence-electron chi connectivity index (χ0n) is 38.4. The number of aromatic hydroxyl groups is 2. The average Bonchev–Trinajstić information content (AvgIpc) is 3.23. The van der Waals surface area contributed by atoms with Crippen LogP contribution in [0, 0.1) is 5.41 Å². The maximum atomic E-state index is 12.4. The number of ether oxygens (including phenoxy) is 2. The lowest BCUT2D eigenvalue weighted by molar-refractivity contribution is -0.152. The lowest BCUT2D eigenvalue weighted by atomic mass is 9.88. The normalized spacial score (nSPS) is 12.7. The zero-order chi connectivity index (χ0) is 42.8. The van der Waals surface area contributed by atoms with E-state index in [0.29, 0.717) is 36.2 Å². The number of unbranched alkanes of at least 4 members (excludes halogenated alkanes) is 20. The summed E-state index contributed by atoms with van der Waals surface area (Å²) >= 11 is 0. The number of phenols is 2. The third-order valence-corrected chi connectivity index (χ3v) is 12.2. The Hall–Kier alpha value is -3.02. The van der Waals surface area contributed by atoms with Crippen LogP contribution in [0.1, 0.15) is 243 Å². The van der Waals surface area contributed by atoms with E-state index in [9.17, 15) is 19.8 Å². The Morgan fingerprint density at radius 3 is 1.02 bits per heavy atom. The third kappa shape index (κ3) is 27.4. The van der Waals surface area contributed by atoms with E-state index in [1.165, 1.54) is 165 Å². The van der Waals surface area contributed by atoms with E-state index in [1.54, 1.807) is 0 Å². The lowest BCUT2D eigenvalue weighted by Gasteiger charge is -2.23. The molecule has 0 amide bonds. The summed E-state index contributed by atoms with van der Waals surface area (Å²) in [4.78, 5) is 24.7. The smallest absolute Gasteiger partial charge is 0.305 e. The summed E-state index contributed by atoms with van der Waals surface area (Å²) in [5.74, 6) is 1.63. The highest BCUT2D eigenvalue weighted by molar-refractivity contribution is 5.69. The van der Waals surface area contributed by atoms with E-state index >= 15 is 0 Å². The van der Waals surface area contributed by atoms with E-state index in [4.69, 9.17) is 9.47 Å². The first-order chi connectivity index (χ1) is 28.6. The Morgan fingerprint density at radius 2 is 0.712 bits per heavy atom. The van der Waals surface area contributed by atoms with Crippen LogP contribution < -0.4 is 0 Å². The fourth-order valence-electron chi connectivity index (χ4n) is 8.24. The zero-order valence-corrected chi connectivity index (χ0v) is 38.4. The van der Waals surface area contributed by atoms with E-state index in [-0.39, 0.29) is 25.2 Å². The minimum Gasteiger partial charge on any atom is -0.508 e. The van der Waals surface area contributed by atoms with Gasteiger partial charge in [0.05, 0.1) is 13.2 Å². The van der Waals surface area contributed by atoms with Crippen molar-refractivity contribution in [3.63, 3.8) is 0 Å². The molecule has 2 aromatic carbocycles. The van der Waals surface area contributed by atoms with E-state index in [1.807, 2.05) is 38.1 Å². The Labute approximate surface area is 362 Å². The van der Waals surface area contributed by atoms with Crippen molar-refractivity contribution >= 4 is 11.9 Å². The predicted molar refractivity (Wildman–Crippen MR) is 247 cm³/mol. The molecule has 0 bridgehead atoms. The summed E-state index contributed by atoms with van der Waals surface area (Å²) in [7, 11) is 0. The van der Waals surface area contributed by atoms with Crippen LogP contribution in [-0.2, 0) is 19.1 Å². The van der Waals surface area contributed by atoms with Gasteiger partial charge >= 0.3 is 11.9 Å². The number of carbonyl (C=O) groups is 2. The molecule has 0 spiro atoms. The maximum absolute atomic E-state index is 12.4. The number of benzene rings is 2. The number of phenolic OH excluding ortho intramolecular Hbond substituents is 2. The van der Waals surface area contributed by atoms with Gasteiger partial charge < -0.3 is 19.7 Å². The quantitative estimate of drug-likeness (QED) is 0.0518. The highest BCUT2D eigenvalue weighted by Gasteiger charge is 2.23. The molecule has 2 aromatic rings. The van der Waals surface area contributed by atoms with Gasteiger partial charge in [0, 0.05) is 18.3 Å². The maximum Gasteiger partial charge on any atom is 0.305 e. The van der Waals surface area contributed by atoms with Gasteiger partial charge in [-0.2, -0.15) is 0 Å². The topological polar surface area (TPSA) is 93.1 Å². The third-order valence-electron chi connectivity index (χ3n) is 12.2. The van der Waals surface area contributed by atoms with Crippen LogP contribution in [0.2, 0.25) is 0 Å². The summed E-state index contributed by atoms with van der Waals surface area (Å²) in [5.41, 5.74) is 2.36. The van der Waals surface area contributed by atoms with Crippen LogP contribution in [0.4, 0.5) is 0 Å². The Balaban J connectivity index is 1.36. The van der Waals surface area contributed by atoms with Gasteiger partial charge in [-0.3, -0.25) is 9.59 Å². The Kier molecular flexibility index (Phi) is 29.7. The van der Waals surface area contributed by atoms with Crippen LogP contribution in [-0.4, -0.2) is 35.4 Å². The number of esters is 2. The summed E-state index contributed by atoms with van der Waals surface area (Å²) in [6, 6.07) is 15.7. The fourth-order valence-corrected chi connectivity index (χ4v) is 8.24. The van der Waals surface area contributed by atoms with Crippen molar-refractivity contribution in [2.24, 2.45) is 5.41 Å². The highest BCUT2D eigenvalue weighted by atomic mass is 16.5. The summed E-state index contributed by atoms with van der Waals surface area (Å²) < 4.78 is 11.1. The largest absolute Gasteiger partial charge is 0.508 e. The highest BCUT2D eigenvalue weighted by Crippen LogP contribution is 2.31. The molecule has 0 saturated heterocycles. The number of carbonyl (C=O) groups excluding carboxylic acids is 2. The SMILES string of the molecule is CCCCC(CCCCCCCCCCCCC(=O)OCC(C)(C)COC(=O)CCCCCCCCCCCCC(CCCC)c1ccc(O)cc1)c1ccc(O)cc1. The molecule has 336 valence electrons. The van der Waals surface area contributed by atoms with Gasteiger partial charge in [0.25, 0.3) is 0 Å². The molecule has 0 aromatic heterocycles. The van der Waals surface area contributed by atoms with Crippen molar-refractivity contribution < 1.29 is 29.3 Å². The van der Waals surface area contributed by atoms with Crippen LogP contribution >= 0.6 is 0 Å². The van der Waals surface area contributed by atoms with Gasteiger partial charge in [-0.05, 0) is 85.8 Å². The van der Waals surface area contributed by atoms with Crippen molar-refractivity contribution in [2.45, 2.75) is 232 Å². The molecule has 6 heteroatoms. The average molecular weight is 821 g/mol. The first-order valence-corrected chi connectivity index (χ1v) is 24.5. The molecular formula is C53H88O6. The second-order valence-corrected chi connectivity index (χ2v) is 18.5. The van der Waals surface area contributed by atoms with Gasteiger partial charge in [0.1, 0.15) is 11.5 Å². The van der Waals surface area contributed by atoms with Crippen molar-refractivity contribution in [2.75, 3.05) is 13.2 Å². The first kappa shape index (κ1) is 52.1. The summed E-state index contributed by atoms with van der Waals surface area (Å²) in [6.45, 7) is 9.03. The Bertz CT molecular complexity index is 1200. The van der Waals surface area contributed by atoms with Gasteiger partial charge in [-0.15, -0.1) is 0 Å². The molecule has 2 unspecified atom stereocenters. The van der Waals surface area contributed by atoms with Crippen LogP contribution in [0.25, 0.3) is 0 Å². The van der Waals surface area contributed by atoms with E-state index in [2.05, 4.69) is 38.1 Å². The second-order valence-electron chi connectivity index (χ2n) is 18.5. The van der Waals surface area contributed by atoms with Crippen molar-refractivity contribution in [1.29, 1.82) is 0 Å². The van der Waals surface area contributed by atoms with Crippen molar-refractivity contribution in [3.05, 3.63) is 59.7 Å². The molecule has 0 heterocycles. The molecule has 0 fully saturated rings. The fraction of sp³-hybridized carbons (Fsp3) is 0.736. The second kappa shape index (κ2) is 33.7. The number of hydrogen-bond acceptors (Lipinski definition) is 6. The summed E-state index contributed by atoms with van der Waals surface area (Å²) in [6.07, 6.45) is 35.1. The monoisotopic (exact) mass is 821 g/mol. The predicted octanol–water partition coefficient (Wildman–Crippen LogP) is 15.8. The minimum atomic E-state index is -0.391. The molecular weight excluding hydrogens is 733 g/mol. The van der Waals surface area contributed by atoms with Crippen molar-refractivity contribution in [1.82, 2.24) is 0 Å². The van der Waals surface area contributed by atoms with Crippen LogP contribution in [0.5, 0.6) is 11.5 Å². The van der Waals surface area contributed by atoms with Gasteiger partial charge in [0.15, 0.2) is 0 Å². The number of hydrogen-bond donors (Lipinski definition) is 2. The molecule has 2 N–H and O–H groups in total. The van der Waals surface area contributed by atoms with Gasteiger partial charge in [-0.1, -0.05) is 193 Å². The molecule has 59 heavy (non-hydrogen) atoms. The van der Waals surface area contributed by atoms with Gasteiger partial charge in [0.2, 0.25) is 0 Å². The minimum absolute atomic E-state index is 0.148. The van der Waals surface area contributed by atoms with Crippen molar-refractivity contribution in [3.8, 4) is 11.5 Å². The standard InChI is InChI=1S/C53H88O6/c1-5-7-29-45(47-35-39-49(54)40-36-47)31-25-21-17-13-9-11-15-19-23-27-33-51(56)58-43-53(3,4)44-59-52(57)34-28-24-20-16-12-10-14-18-22-26-32-46(30-8-6-2)48-37-41-50(55)42-38-48/h35-42,45-46,54-55H,5-34,43-44H2,1-4H3. The first-order valence-electron chi connectivity index (χ1n) is 24.5. The molecule has 0 radical (unpaired) electrons. The van der Waals surface area contributed by atoms with E-state index in [0.717, 1.165) is 25.7 Å². The van der Waals surface area contributed by atoms with Crippen LogP contribution in [0.15, 0.2) is 48.5 Å². The lowest BCUT2D eigenvalue weighted by Crippen LogP contribution is -2.28. The molecule has 2 rings (SSSR count). The van der Waals surface area contributed by atoms with Gasteiger partial charge in [-0.25, -0.2) is 0 Å². The molecule has 2 atom stereocenters. The molecule has 6 nitrogen and oxygen atoms in total. The molecule has 0 aliphatic carbocycles. The van der Waals surface area contributed by atoms with E-state index < -0.39 is 5.41 Å². The number of rotatable bonds is 38. The summed E-state index contributed by atoms with van der Waals surface area (Å²) in [5, 5.41) is 19.3. The molecule has 0 saturated carbocycles. The Morgan fingerprint density at radius 1 is 0.441 bits per heavy atom. The molecule has 0 aliphatic rings. The van der Waals surface area contributed by atoms with Crippen LogP contribution in [0.3, 0.4) is 0 Å².